The van der Waals surface area contributed by atoms with Crippen molar-refractivity contribution < 1.29 is 23.8 Å². The molecule has 2 unspecified atom stereocenters. The van der Waals surface area contributed by atoms with Gasteiger partial charge in [0.2, 0.25) is 0 Å². The van der Waals surface area contributed by atoms with Crippen LogP contribution in [0.5, 0.6) is 5.75 Å². The molecule has 1 N–H and O–H groups in total. The Morgan fingerprint density at radius 1 is 1.30 bits per heavy atom. The Balaban J connectivity index is 1.44. The largest absolute Gasteiger partial charge is 0.489 e. The van der Waals surface area contributed by atoms with Crippen molar-refractivity contribution in [2.75, 3.05) is 6.61 Å². The first-order valence-electron chi connectivity index (χ1n) is 9.86. The van der Waals surface area contributed by atoms with Crippen LogP contribution in [0, 0.1) is 12.7 Å². The fourth-order valence-corrected chi connectivity index (χ4v) is 3.75. The summed E-state index contributed by atoms with van der Waals surface area (Å²) in [5.74, 6) is -0.119. The predicted octanol–water partition coefficient (Wildman–Crippen LogP) is 4.25. The maximum Gasteiger partial charge on any atom is 0.332 e. The van der Waals surface area contributed by atoms with Gasteiger partial charge < -0.3 is 19.1 Å². The lowest BCUT2D eigenvalue weighted by molar-refractivity contribution is -0.153. The summed E-state index contributed by atoms with van der Waals surface area (Å²) in [4.78, 5) is 15.4. The van der Waals surface area contributed by atoms with Crippen molar-refractivity contribution >= 4 is 5.97 Å². The van der Waals surface area contributed by atoms with Gasteiger partial charge in [0.25, 0.3) is 0 Å². The Bertz CT molecular complexity index is 1030. The Hall–Kier alpha value is -3.19. The number of carbonyl (C=O) groups is 1. The van der Waals surface area contributed by atoms with E-state index >= 15 is 0 Å². The van der Waals surface area contributed by atoms with Crippen molar-refractivity contribution in [2.45, 2.75) is 38.4 Å². The van der Waals surface area contributed by atoms with E-state index < -0.39 is 17.9 Å². The lowest BCUT2D eigenvalue weighted by Gasteiger charge is -2.27. The molecule has 2 atom stereocenters. The third-order valence-corrected chi connectivity index (χ3v) is 5.37. The minimum atomic E-state index is -0.984. The normalized spacial score (nSPS) is 18.9. The summed E-state index contributed by atoms with van der Waals surface area (Å²) in [5.41, 5.74) is 2.71. The fraction of sp³-hybridized carbons (Fsp3) is 0.304. The molecule has 2 heterocycles. The third kappa shape index (κ3) is 4.52. The van der Waals surface area contributed by atoms with Gasteiger partial charge in [0, 0.05) is 30.8 Å². The number of hydrogen-bond acceptors (Lipinski definition) is 4. The van der Waals surface area contributed by atoms with Crippen LogP contribution >= 0.6 is 0 Å². The molecule has 0 radical (unpaired) electrons. The van der Waals surface area contributed by atoms with Crippen molar-refractivity contribution in [1.82, 2.24) is 9.55 Å². The van der Waals surface area contributed by atoms with Gasteiger partial charge in [-0.1, -0.05) is 12.1 Å². The smallest absolute Gasteiger partial charge is 0.332 e. The van der Waals surface area contributed by atoms with Gasteiger partial charge in [0.1, 0.15) is 24.0 Å². The van der Waals surface area contributed by atoms with Gasteiger partial charge in [0.05, 0.1) is 0 Å². The van der Waals surface area contributed by atoms with Crippen LogP contribution in [0.1, 0.15) is 35.7 Å². The predicted molar refractivity (Wildman–Crippen MR) is 108 cm³/mol. The Morgan fingerprint density at radius 2 is 2.10 bits per heavy atom. The van der Waals surface area contributed by atoms with Crippen molar-refractivity contribution in [3.05, 3.63) is 77.6 Å². The van der Waals surface area contributed by atoms with Crippen molar-refractivity contribution in [3.8, 4) is 11.4 Å². The van der Waals surface area contributed by atoms with Gasteiger partial charge in [-0.05, 0) is 61.1 Å². The molecule has 156 valence electrons. The molecule has 1 aliphatic heterocycles. The summed E-state index contributed by atoms with van der Waals surface area (Å²) in [6.45, 7) is 2.59. The number of imidazole rings is 1. The summed E-state index contributed by atoms with van der Waals surface area (Å²) in [5, 5.41) is 9.19. The number of aliphatic carboxylic acids is 1. The van der Waals surface area contributed by atoms with Gasteiger partial charge in [0.15, 0.2) is 6.10 Å². The molecule has 2 aromatic carbocycles. The van der Waals surface area contributed by atoms with E-state index in [1.807, 2.05) is 42.0 Å². The van der Waals surface area contributed by atoms with E-state index in [1.165, 1.54) is 12.1 Å². The molecular formula is C23H23FN2O4. The molecule has 30 heavy (non-hydrogen) atoms. The van der Waals surface area contributed by atoms with Crippen LogP contribution in [-0.4, -0.2) is 33.3 Å². The average Bonchev–Trinajstić information content (AvgIpc) is 3.18. The lowest BCUT2D eigenvalue weighted by atomic mass is 9.88. The maximum absolute atomic E-state index is 14.2. The third-order valence-electron chi connectivity index (χ3n) is 5.37. The molecule has 0 aliphatic carbocycles. The number of benzene rings is 2. The topological polar surface area (TPSA) is 73.6 Å². The average molecular weight is 410 g/mol. The van der Waals surface area contributed by atoms with Crippen LogP contribution in [-0.2, 0) is 16.1 Å². The minimum absolute atomic E-state index is 0.0735. The highest BCUT2D eigenvalue weighted by Gasteiger charge is 2.29. The summed E-state index contributed by atoms with van der Waals surface area (Å²) in [7, 11) is 0. The maximum atomic E-state index is 14.2. The minimum Gasteiger partial charge on any atom is -0.489 e. The number of hydrogen-bond donors (Lipinski definition) is 1. The van der Waals surface area contributed by atoms with E-state index in [0.717, 1.165) is 22.6 Å². The number of rotatable bonds is 6. The molecule has 1 aromatic heterocycles. The molecule has 6 nitrogen and oxygen atoms in total. The molecule has 1 aliphatic rings. The highest BCUT2D eigenvalue weighted by Crippen LogP contribution is 2.33. The molecule has 0 saturated carbocycles. The summed E-state index contributed by atoms with van der Waals surface area (Å²) < 4.78 is 27.3. The number of nitrogens with zero attached hydrogens (tertiary/aromatic N) is 2. The van der Waals surface area contributed by atoms with Gasteiger partial charge >= 0.3 is 5.97 Å². The number of carboxylic acids is 1. The second kappa shape index (κ2) is 8.67. The lowest BCUT2D eigenvalue weighted by Crippen LogP contribution is -2.31. The molecule has 4 rings (SSSR count). The van der Waals surface area contributed by atoms with Gasteiger partial charge in [-0.2, -0.15) is 0 Å². The van der Waals surface area contributed by atoms with Crippen molar-refractivity contribution in [3.63, 3.8) is 0 Å². The SMILES string of the molecule is Cc1nccn1-c1ccc(COc2cc(F)cc(C3CCOC(C(=O)O)C3)c2)cc1. The van der Waals surface area contributed by atoms with E-state index in [4.69, 9.17) is 9.47 Å². The molecule has 0 spiro atoms. The quantitative estimate of drug-likeness (QED) is 0.658. The number of ether oxygens (including phenoxy) is 2. The Kier molecular flexibility index (Phi) is 5.81. The first kappa shape index (κ1) is 20.1. The van der Waals surface area contributed by atoms with Crippen molar-refractivity contribution in [1.29, 1.82) is 0 Å². The second-order valence-electron chi connectivity index (χ2n) is 7.44. The van der Waals surface area contributed by atoms with Crippen LogP contribution < -0.4 is 4.74 Å². The zero-order valence-electron chi connectivity index (χ0n) is 16.6. The van der Waals surface area contributed by atoms with E-state index in [-0.39, 0.29) is 5.92 Å². The Labute approximate surface area is 173 Å². The molecule has 3 aromatic rings. The molecule has 7 heteroatoms. The molecular weight excluding hydrogens is 387 g/mol. The number of carboxylic acid groups (broad SMARTS) is 1. The summed E-state index contributed by atoms with van der Waals surface area (Å²) in [6, 6.07) is 12.5. The van der Waals surface area contributed by atoms with Crippen LogP contribution in [0.2, 0.25) is 0 Å². The van der Waals surface area contributed by atoms with E-state index in [2.05, 4.69) is 4.98 Å². The van der Waals surface area contributed by atoms with E-state index in [1.54, 1.807) is 12.3 Å². The summed E-state index contributed by atoms with van der Waals surface area (Å²) in [6.07, 6.45) is 3.79. The highest BCUT2D eigenvalue weighted by molar-refractivity contribution is 5.72. The second-order valence-corrected chi connectivity index (χ2v) is 7.44. The number of aromatic nitrogens is 2. The molecule has 1 fully saturated rings. The van der Waals surface area contributed by atoms with Gasteiger partial charge in [-0.3, -0.25) is 0 Å². The van der Waals surface area contributed by atoms with E-state index in [9.17, 15) is 14.3 Å². The monoisotopic (exact) mass is 410 g/mol. The van der Waals surface area contributed by atoms with Crippen LogP contribution in [0.25, 0.3) is 5.69 Å². The zero-order chi connectivity index (χ0) is 21.1. The van der Waals surface area contributed by atoms with Gasteiger partial charge in [-0.25, -0.2) is 14.2 Å². The molecule has 0 bridgehead atoms. The first-order valence-corrected chi connectivity index (χ1v) is 9.86. The van der Waals surface area contributed by atoms with Crippen LogP contribution in [0.3, 0.4) is 0 Å². The fourth-order valence-electron chi connectivity index (χ4n) is 3.75. The number of halogens is 1. The van der Waals surface area contributed by atoms with Crippen LogP contribution in [0.15, 0.2) is 54.9 Å². The summed E-state index contributed by atoms with van der Waals surface area (Å²) >= 11 is 0. The first-order chi connectivity index (χ1) is 14.5. The highest BCUT2D eigenvalue weighted by atomic mass is 19.1. The van der Waals surface area contributed by atoms with Crippen molar-refractivity contribution in [2.24, 2.45) is 0 Å². The Morgan fingerprint density at radius 3 is 2.80 bits per heavy atom. The number of aryl methyl sites for hydroxylation is 1. The molecule has 0 amide bonds. The van der Waals surface area contributed by atoms with Gasteiger partial charge in [-0.15, -0.1) is 0 Å². The molecule has 1 saturated heterocycles. The standard InChI is InChI=1S/C23H23FN2O4/c1-15-25-7-8-26(15)20-4-2-16(3-5-20)14-30-21-11-18(10-19(24)13-21)17-6-9-29-22(12-17)23(27)28/h2-5,7-8,10-11,13,17,22H,6,9,12,14H2,1H3,(H,27,28). The zero-order valence-corrected chi connectivity index (χ0v) is 16.6. The van der Waals surface area contributed by atoms with Crippen LogP contribution in [0.4, 0.5) is 4.39 Å². The van der Waals surface area contributed by atoms with E-state index in [0.29, 0.717) is 31.8 Å².